The third-order valence-corrected chi connectivity index (χ3v) is 6.60. The van der Waals surface area contributed by atoms with E-state index in [1.165, 1.54) is 59.6 Å². The Labute approximate surface area is 118 Å². The summed E-state index contributed by atoms with van der Waals surface area (Å²) in [5.74, 6) is 3.18. The Balaban J connectivity index is 1.64. The van der Waals surface area contributed by atoms with E-state index in [0.29, 0.717) is 0 Å². The van der Waals surface area contributed by atoms with Crippen molar-refractivity contribution in [2.75, 3.05) is 5.75 Å². The van der Waals surface area contributed by atoms with Gasteiger partial charge in [-0.2, -0.15) is 11.8 Å². The number of fused-ring (bicyclic) bond motifs is 1. The van der Waals surface area contributed by atoms with Crippen molar-refractivity contribution in [3.63, 3.8) is 0 Å². The third-order valence-electron chi connectivity index (χ3n) is 4.26. The van der Waals surface area contributed by atoms with Crippen LogP contribution in [-0.2, 0) is 12.2 Å². The van der Waals surface area contributed by atoms with Gasteiger partial charge in [-0.15, -0.1) is 11.3 Å². The van der Waals surface area contributed by atoms with Crippen LogP contribution in [0, 0.1) is 5.92 Å². The van der Waals surface area contributed by atoms with Crippen LogP contribution in [0.5, 0.6) is 0 Å². The van der Waals surface area contributed by atoms with Crippen LogP contribution in [0.4, 0.5) is 0 Å². The van der Waals surface area contributed by atoms with Crippen molar-refractivity contribution in [1.82, 2.24) is 0 Å². The summed E-state index contributed by atoms with van der Waals surface area (Å²) in [6.45, 7) is 0. The number of aliphatic hydroxyl groups is 1. The van der Waals surface area contributed by atoms with Gasteiger partial charge in [0.2, 0.25) is 0 Å². The van der Waals surface area contributed by atoms with E-state index in [4.69, 9.17) is 0 Å². The highest BCUT2D eigenvalue weighted by Crippen LogP contribution is 2.38. The number of aryl methyl sites for hydroxylation is 1. The fourth-order valence-electron chi connectivity index (χ4n) is 3.19. The molecule has 0 bridgehead atoms. The van der Waals surface area contributed by atoms with Crippen molar-refractivity contribution in [3.8, 4) is 0 Å². The van der Waals surface area contributed by atoms with Crippen LogP contribution in [0.25, 0.3) is 0 Å². The molecule has 100 valence electrons. The van der Waals surface area contributed by atoms with E-state index in [1.54, 1.807) is 0 Å². The number of thiophene rings is 1. The average molecular weight is 282 g/mol. The second-order valence-corrected chi connectivity index (χ2v) is 7.93. The molecular formula is C15H22OS2. The van der Waals surface area contributed by atoms with Gasteiger partial charge in [0.05, 0.1) is 6.10 Å². The maximum atomic E-state index is 10.4. The zero-order chi connectivity index (χ0) is 12.4. The fraction of sp³-hybridized carbons (Fsp3) is 0.733. The Kier molecular flexibility index (Phi) is 4.32. The number of thioether (sulfide) groups is 1. The Morgan fingerprint density at radius 1 is 1.28 bits per heavy atom. The van der Waals surface area contributed by atoms with Crippen molar-refractivity contribution in [3.05, 3.63) is 21.4 Å². The highest BCUT2D eigenvalue weighted by molar-refractivity contribution is 7.98. The van der Waals surface area contributed by atoms with Gasteiger partial charge in [-0.05, 0) is 36.1 Å². The van der Waals surface area contributed by atoms with Crippen LogP contribution < -0.4 is 0 Å². The maximum Gasteiger partial charge on any atom is 0.0884 e. The van der Waals surface area contributed by atoms with Gasteiger partial charge in [-0.25, -0.2) is 0 Å². The van der Waals surface area contributed by atoms with Gasteiger partial charge in [-0.3, -0.25) is 0 Å². The molecule has 1 N–H and O–H groups in total. The summed E-state index contributed by atoms with van der Waals surface area (Å²) in [6.07, 6.45) is 8.80. The average Bonchev–Trinajstić information content (AvgIpc) is 2.84. The maximum absolute atomic E-state index is 10.4. The Morgan fingerprint density at radius 2 is 2.11 bits per heavy atom. The summed E-state index contributed by atoms with van der Waals surface area (Å²) < 4.78 is 0. The number of hydrogen-bond donors (Lipinski definition) is 1. The lowest BCUT2D eigenvalue weighted by molar-refractivity contribution is 0.134. The summed E-state index contributed by atoms with van der Waals surface area (Å²) in [6, 6.07) is 2.28. The molecule has 0 amide bonds. The smallest absolute Gasteiger partial charge is 0.0884 e. The van der Waals surface area contributed by atoms with Crippen molar-refractivity contribution in [1.29, 1.82) is 0 Å². The molecule has 18 heavy (non-hydrogen) atoms. The van der Waals surface area contributed by atoms with Gasteiger partial charge in [0, 0.05) is 15.5 Å². The topological polar surface area (TPSA) is 20.2 Å². The van der Waals surface area contributed by atoms with E-state index in [9.17, 15) is 5.11 Å². The first-order chi connectivity index (χ1) is 8.83. The molecular weight excluding hydrogens is 260 g/mol. The standard InChI is InChI=1S/C15H22OS2/c16-13(8-11-4-2-1-3-5-11)15-9-12-10-17-7-6-14(12)18-15/h9,11,13,16H,1-8,10H2. The zero-order valence-electron chi connectivity index (χ0n) is 10.9. The van der Waals surface area contributed by atoms with Gasteiger partial charge in [0.25, 0.3) is 0 Å². The molecule has 1 fully saturated rings. The van der Waals surface area contributed by atoms with Gasteiger partial charge in [0.1, 0.15) is 0 Å². The van der Waals surface area contributed by atoms with Crippen molar-refractivity contribution >= 4 is 23.1 Å². The molecule has 0 spiro atoms. The Hall–Kier alpha value is 0.01000. The van der Waals surface area contributed by atoms with Gasteiger partial charge >= 0.3 is 0 Å². The highest BCUT2D eigenvalue weighted by Gasteiger charge is 2.22. The molecule has 1 aromatic rings. The van der Waals surface area contributed by atoms with Crippen LogP contribution >= 0.6 is 23.1 Å². The van der Waals surface area contributed by atoms with Crippen molar-refractivity contribution in [2.24, 2.45) is 5.92 Å². The largest absolute Gasteiger partial charge is 0.388 e. The molecule has 1 aromatic heterocycles. The quantitative estimate of drug-likeness (QED) is 0.878. The number of hydrogen-bond acceptors (Lipinski definition) is 3. The lowest BCUT2D eigenvalue weighted by Crippen LogP contribution is -2.10. The van der Waals surface area contributed by atoms with Crippen LogP contribution in [0.2, 0.25) is 0 Å². The summed E-state index contributed by atoms with van der Waals surface area (Å²) >= 11 is 3.89. The Bertz CT molecular complexity index is 370. The van der Waals surface area contributed by atoms with E-state index < -0.39 is 0 Å². The molecule has 0 saturated heterocycles. The molecule has 1 aliphatic carbocycles. The molecule has 1 saturated carbocycles. The van der Waals surface area contributed by atoms with E-state index in [0.717, 1.165) is 18.1 Å². The van der Waals surface area contributed by atoms with E-state index in [2.05, 4.69) is 6.07 Å². The summed E-state index contributed by atoms with van der Waals surface area (Å²) in [5.41, 5.74) is 1.49. The lowest BCUT2D eigenvalue weighted by atomic mass is 9.85. The minimum atomic E-state index is -0.200. The fourth-order valence-corrected chi connectivity index (χ4v) is 5.56. The summed E-state index contributed by atoms with van der Waals surface area (Å²) in [4.78, 5) is 2.76. The molecule has 2 aliphatic rings. The molecule has 2 heterocycles. The minimum absolute atomic E-state index is 0.200. The second kappa shape index (κ2) is 5.98. The van der Waals surface area contributed by atoms with Gasteiger partial charge in [-0.1, -0.05) is 32.1 Å². The predicted octanol–water partition coefficient (Wildman–Crippen LogP) is 4.54. The SMILES string of the molecule is OC(CC1CCCCC1)c1cc2c(s1)CCSC2. The van der Waals surface area contributed by atoms with E-state index in [-0.39, 0.29) is 6.10 Å². The molecule has 1 atom stereocenters. The monoisotopic (exact) mass is 282 g/mol. The molecule has 0 aromatic carbocycles. The first kappa shape index (κ1) is 13.0. The first-order valence-electron chi connectivity index (χ1n) is 7.20. The van der Waals surface area contributed by atoms with Crippen LogP contribution in [0.1, 0.15) is 59.9 Å². The number of aliphatic hydroxyl groups excluding tert-OH is 1. The summed E-state index contributed by atoms with van der Waals surface area (Å²) in [5, 5.41) is 10.4. The molecule has 1 unspecified atom stereocenters. The van der Waals surface area contributed by atoms with Crippen LogP contribution in [-0.4, -0.2) is 10.9 Å². The molecule has 0 radical (unpaired) electrons. The molecule has 1 nitrogen and oxygen atoms in total. The number of rotatable bonds is 3. The minimum Gasteiger partial charge on any atom is -0.388 e. The van der Waals surface area contributed by atoms with Crippen LogP contribution in [0.15, 0.2) is 6.07 Å². The van der Waals surface area contributed by atoms with E-state index >= 15 is 0 Å². The predicted molar refractivity (Wildman–Crippen MR) is 80.3 cm³/mol. The molecule has 3 heteroatoms. The lowest BCUT2D eigenvalue weighted by Gasteiger charge is -2.23. The first-order valence-corrected chi connectivity index (χ1v) is 9.17. The molecule has 3 rings (SSSR count). The van der Waals surface area contributed by atoms with Gasteiger partial charge < -0.3 is 5.11 Å². The van der Waals surface area contributed by atoms with Crippen molar-refractivity contribution < 1.29 is 5.11 Å². The normalized spacial score (nSPS) is 22.7. The van der Waals surface area contributed by atoms with Crippen molar-refractivity contribution in [2.45, 2.75) is 56.8 Å². The highest BCUT2D eigenvalue weighted by atomic mass is 32.2. The zero-order valence-corrected chi connectivity index (χ0v) is 12.5. The van der Waals surface area contributed by atoms with Crippen LogP contribution in [0.3, 0.4) is 0 Å². The molecule has 1 aliphatic heterocycles. The summed E-state index contributed by atoms with van der Waals surface area (Å²) in [7, 11) is 0. The van der Waals surface area contributed by atoms with E-state index in [1.807, 2.05) is 23.1 Å². The van der Waals surface area contributed by atoms with Gasteiger partial charge in [0.15, 0.2) is 0 Å². The second-order valence-electron chi connectivity index (χ2n) is 5.66. The third kappa shape index (κ3) is 2.94. The Morgan fingerprint density at radius 3 is 2.89 bits per heavy atom.